The Morgan fingerprint density at radius 1 is 1.10 bits per heavy atom. The van der Waals surface area contributed by atoms with Crippen molar-refractivity contribution in [2.45, 2.75) is 17.4 Å². The second kappa shape index (κ2) is 7.07. The van der Waals surface area contributed by atoms with Crippen LogP contribution in [0.2, 0.25) is 5.02 Å². The first-order valence-electron chi connectivity index (χ1n) is 6.12. The second-order valence-electron chi connectivity index (χ2n) is 4.47. The van der Waals surface area contributed by atoms with Crippen LogP contribution >= 0.6 is 23.4 Å². The fourth-order valence-electron chi connectivity index (χ4n) is 1.80. The third-order valence-corrected chi connectivity index (χ3v) is 4.30. The zero-order valence-corrected chi connectivity index (χ0v) is 12.2. The first-order chi connectivity index (χ1) is 9.54. The van der Waals surface area contributed by atoms with Crippen LogP contribution in [0.3, 0.4) is 0 Å². The SMILES string of the molecule is NC(CSc1cccc(F)c1)Cc1cc(F)ccc1Cl. The van der Waals surface area contributed by atoms with E-state index >= 15 is 0 Å². The van der Waals surface area contributed by atoms with Crippen molar-refractivity contribution in [3.8, 4) is 0 Å². The van der Waals surface area contributed by atoms with Gasteiger partial charge in [-0.3, -0.25) is 0 Å². The lowest BCUT2D eigenvalue weighted by Gasteiger charge is -2.12. The summed E-state index contributed by atoms with van der Waals surface area (Å²) in [5.74, 6) is 0.0159. The molecule has 2 N–H and O–H groups in total. The van der Waals surface area contributed by atoms with Gasteiger partial charge in [0.25, 0.3) is 0 Å². The van der Waals surface area contributed by atoms with Gasteiger partial charge in [0.1, 0.15) is 11.6 Å². The smallest absolute Gasteiger partial charge is 0.124 e. The van der Waals surface area contributed by atoms with Gasteiger partial charge in [-0.2, -0.15) is 0 Å². The van der Waals surface area contributed by atoms with Gasteiger partial charge < -0.3 is 5.73 Å². The lowest BCUT2D eigenvalue weighted by Crippen LogP contribution is -2.25. The molecule has 2 aromatic rings. The van der Waals surface area contributed by atoms with Crippen molar-refractivity contribution < 1.29 is 8.78 Å². The van der Waals surface area contributed by atoms with Crippen LogP contribution in [0.5, 0.6) is 0 Å². The molecular formula is C15H14ClF2NS. The molecular weight excluding hydrogens is 300 g/mol. The van der Waals surface area contributed by atoms with E-state index in [1.54, 1.807) is 6.07 Å². The van der Waals surface area contributed by atoms with Crippen LogP contribution in [0.4, 0.5) is 8.78 Å². The molecule has 1 nitrogen and oxygen atoms in total. The van der Waals surface area contributed by atoms with Gasteiger partial charge in [-0.1, -0.05) is 17.7 Å². The van der Waals surface area contributed by atoms with E-state index in [-0.39, 0.29) is 17.7 Å². The van der Waals surface area contributed by atoms with Crippen LogP contribution in [-0.4, -0.2) is 11.8 Å². The standard InChI is InChI=1S/C15H14ClF2NS/c16-15-5-4-12(18)6-10(15)7-13(19)9-20-14-3-1-2-11(17)8-14/h1-6,8,13H,7,9,19H2. The minimum Gasteiger partial charge on any atom is -0.327 e. The molecule has 0 aromatic heterocycles. The summed E-state index contributed by atoms with van der Waals surface area (Å²) >= 11 is 7.47. The van der Waals surface area contributed by atoms with Crippen LogP contribution < -0.4 is 5.73 Å². The molecule has 0 amide bonds. The molecule has 0 aliphatic rings. The summed E-state index contributed by atoms with van der Waals surface area (Å²) in [7, 11) is 0. The molecule has 1 atom stereocenters. The number of nitrogens with two attached hydrogens (primary N) is 1. The summed E-state index contributed by atoms with van der Waals surface area (Å²) in [6.07, 6.45) is 0.485. The molecule has 0 saturated carbocycles. The molecule has 0 radical (unpaired) electrons. The Morgan fingerprint density at radius 3 is 2.60 bits per heavy atom. The highest BCUT2D eigenvalue weighted by atomic mass is 35.5. The van der Waals surface area contributed by atoms with Gasteiger partial charge in [0.2, 0.25) is 0 Å². The maximum absolute atomic E-state index is 13.1. The van der Waals surface area contributed by atoms with Gasteiger partial charge in [0.15, 0.2) is 0 Å². The molecule has 20 heavy (non-hydrogen) atoms. The summed E-state index contributed by atoms with van der Waals surface area (Å²) in [6.45, 7) is 0. The predicted octanol–water partition coefficient (Wildman–Crippen LogP) is 4.28. The highest BCUT2D eigenvalue weighted by molar-refractivity contribution is 7.99. The van der Waals surface area contributed by atoms with Crippen molar-refractivity contribution in [2.24, 2.45) is 5.73 Å². The topological polar surface area (TPSA) is 26.0 Å². The van der Waals surface area contributed by atoms with Crippen molar-refractivity contribution in [3.63, 3.8) is 0 Å². The number of hydrogen-bond donors (Lipinski definition) is 1. The van der Waals surface area contributed by atoms with Gasteiger partial charge >= 0.3 is 0 Å². The number of rotatable bonds is 5. The summed E-state index contributed by atoms with van der Waals surface area (Å²) in [4.78, 5) is 0.825. The average Bonchev–Trinajstić information content (AvgIpc) is 2.41. The van der Waals surface area contributed by atoms with E-state index in [9.17, 15) is 8.78 Å². The maximum atomic E-state index is 13.1. The van der Waals surface area contributed by atoms with E-state index in [4.69, 9.17) is 17.3 Å². The first kappa shape index (κ1) is 15.3. The first-order valence-corrected chi connectivity index (χ1v) is 7.49. The average molecular weight is 314 g/mol. The molecule has 1 unspecified atom stereocenters. The lowest BCUT2D eigenvalue weighted by molar-refractivity contribution is 0.622. The zero-order chi connectivity index (χ0) is 14.5. The Labute approximate surface area is 126 Å². The maximum Gasteiger partial charge on any atom is 0.124 e. The minimum absolute atomic E-state index is 0.178. The number of benzene rings is 2. The Hall–Kier alpha value is -1.10. The molecule has 2 aromatic carbocycles. The normalized spacial score (nSPS) is 12.4. The third-order valence-electron chi connectivity index (χ3n) is 2.75. The van der Waals surface area contributed by atoms with Crippen molar-refractivity contribution in [3.05, 3.63) is 64.7 Å². The largest absolute Gasteiger partial charge is 0.327 e. The molecule has 0 aliphatic heterocycles. The van der Waals surface area contributed by atoms with E-state index in [0.717, 1.165) is 4.90 Å². The van der Waals surface area contributed by atoms with Crippen LogP contribution in [0.25, 0.3) is 0 Å². The van der Waals surface area contributed by atoms with Crippen LogP contribution in [0, 0.1) is 11.6 Å². The molecule has 0 spiro atoms. The van der Waals surface area contributed by atoms with Gasteiger partial charge in [-0.05, 0) is 48.4 Å². The molecule has 0 fully saturated rings. The Kier molecular flexibility index (Phi) is 5.40. The summed E-state index contributed by atoms with van der Waals surface area (Å²) in [5.41, 5.74) is 6.71. The lowest BCUT2D eigenvalue weighted by atomic mass is 10.1. The Morgan fingerprint density at radius 2 is 1.85 bits per heavy atom. The quantitative estimate of drug-likeness (QED) is 0.834. The molecule has 0 aliphatic carbocycles. The van der Waals surface area contributed by atoms with Crippen molar-refractivity contribution in [2.75, 3.05) is 5.75 Å². The van der Waals surface area contributed by atoms with Crippen molar-refractivity contribution in [1.29, 1.82) is 0 Å². The van der Waals surface area contributed by atoms with Crippen LogP contribution in [0.15, 0.2) is 47.4 Å². The monoisotopic (exact) mass is 313 g/mol. The number of thioether (sulfide) groups is 1. The molecule has 0 heterocycles. The Bertz CT molecular complexity index is 592. The number of hydrogen-bond acceptors (Lipinski definition) is 2. The molecule has 5 heteroatoms. The van der Waals surface area contributed by atoms with Crippen LogP contribution in [0.1, 0.15) is 5.56 Å². The van der Waals surface area contributed by atoms with Gasteiger partial charge in [0.05, 0.1) is 0 Å². The van der Waals surface area contributed by atoms with E-state index < -0.39 is 0 Å². The summed E-state index contributed by atoms with van der Waals surface area (Å²) < 4.78 is 26.2. The van der Waals surface area contributed by atoms with Crippen molar-refractivity contribution >= 4 is 23.4 Å². The predicted molar refractivity (Wildman–Crippen MR) is 80.2 cm³/mol. The van der Waals surface area contributed by atoms with E-state index in [1.807, 2.05) is 6.07 Å². The van der Waals surface area contributed by atoms with Gasteiger partial charge in [0, 0.05) is 21.7 Å². The number of halogens is 3. The van der Waals surface area contributed by atoms with Crippen LogP contribution in [-0.2, 0) is 6.42 Å². The fraction of sp³-hybridized carbons (Fsp3) is 0.200. The van der Waals surface area contributed by atoms with E-state index in [1.165, 1.54) is 42.1 Å². The second-order valence-corrected chi connectivity index (χ2v) is 5.97. The summed E-state index contributed by atoms with van der Waals surface area (Å²) in [5, 5.41) is 0.512. The molecule has 0 bridgehead atoms. The molecule has 106 valence electrons. The fourth-order valence-corrected chi connectivity index (χ4v) is 2.89. The highest BCUT2D eigenvalue weighted by Crippen LogP contribution is 2.22. The van der Waals surface area contributed by atoms with E-state index in [0.29, 0.717) is 22.8 Å². The zero-order valence-electron chi connectivity index (χ0n) is 10.7. The van der Waals surface area contributed by atoms with Crippen molar-refractivity contribution in [1.82, 2.24) is 0 Å². The van der Waals surface area contributed by atoms with Gasteiger partial charge in [-0.15, -0.1) is 11.8 Å². The summed E-state index contributed by atoms with van der Waals surface area (Å²) in [6, 6.07) is 10.4. The van der Waals surface area contributed by atoms with Gasteiger partial charge in [-0.25, -0.2) is 8.78 Å². The minimum atomic E-state index is -0.325. The third kappa shape index (κ3) is 4.47. The highest BCUT2D eigenvalue weighted by Gasteiger charge is 2.09. The van der Waals surface area contributed by atoms with E-state index in [2.05, 4.69) is 0 Å². The Balaban J connectivity index is 1.92. The molecule has 0 saturated heterocycles. The molecule has 2 rings (SSSR count).